The van der Waals surface area contributed by atoms with Gasteiger partial charge in [0.15, 0.2) is 0 Å². The lowest BCUT2D eigenvalue weighted by atomic mass is 9.97. The number of carbonyl (C=O) groups is 1. The fourth-order valence-corrected chi connectivity index (χ4v) is 5.53. The summed E-state index contributed by atoms with van der Waals surface area (Å²) in [5, 5.41) is 0. The average Bonchev–Trinajstić information content (AvgIpc) is 2.89. The molecule has 0 aliphatic rings. The van der Waals surface area contributed by atoms with Gasteiger partial charge in [-0.3, -0.25) is 4.79 Å². The zero-order chi connectivity index (χ0) is 26.8. The molecule has 0 saturated heterocycles. The maximum Gasteiger partial charge on any atom is 0.310 e. The van der Waals surface area contributed by atoms with E-state index in [9.17, 15) is 9.00 Å². The van der Waals surface area contributed by atoms with E-state index in [0.717, 1.165) is 27.8 Å². The Morgan fingerprint density at radius 3 is 2.54 bits per heavy atom. The predicted octanol–water partition coefficient (Wildman–Crippen LogP) is 7.15. The van der Waals surface area contributed by atoms with E-state index in [4.69, 9.17) is 4.74 Å². The standard InChI is InChI=1S/C32H31NO3S/c1-6-8-14-26-17-13-20-31(24(26)3)37(5,35)33-30-19-12-10-15-27(30)22-21-25(7-2)29-18-11-9-16-28(29)23-32(34)36-4/h6-20H,1,23H2,2-5H3/b14-8-,25-7-. The van der Waals surface area contributed by atoms with Crippen molar-refractivity contribution < 1.29 is 13.7 Å². The number of allylic oxidation sites excluding steroid dienone is 4. The van der Waals surface area contributed by atoms with Crippen molar-refractivity contribution in [3.05, 3.63) is 119 Å². The first kappa shape index (κ1) is 27.4. The molecule has 5 heteroatoms. The van der Waals surface area contributed by atoms with Crippen LogP contribution in [0.4, 0.5) is 5.69 Å². The Kier molecular flexibility index (Phi) is 9.43. The molecule has 0 aliphatic heterocycles. The predicted molar refractivity (Wildman–Crippen MR) is 154 cm³/mol. The number of esters is 1. The minimum atomic E-state index is -2.75. The third-order valence-electron chi connectivity index (χ3n) is 5.81. The number of rotatable bonds is 7. The molecule has 0 heterocycles. The summed E-state index contributed by atoms with van der Waals surface area (Å²) < 4.78 is 23.4. The van der Waals surface area contributed by atoms with Crippen LogP contribution < -0.4 is 0 Å². The Hall–Kier alpha value is -4.14. The third kappa shape index (κ3) is 6.97. The maximum atomic E-state index is 13.8. The number of methoxy groups -OCH3 is 1. The number of benzene rings is 3. The molecule has 37 heavy (non-hydrogen) atoms. The highest BCUT2D eigenvalue weighted by Gasteiger charge is 2.13. The molecule has 4 nitrogen and oxygen atoms in total. The minimum Gasteiger partial charge on any atom is -0.469 e. The van der Waals surface area contributed by atoms with Gasteiger partial charge in [-0.15, -0.1) is 0 Å². The van der Waals surface area contributed by atoms with E-state index < -0.39 is 9.73 Å². The van der Waals surface area contributed by atoms with Crippen LogP contribution in [0.2, 0.25) is 0 Å². The molecule has 1 atom stereocenters. The summed E-state index contributed by atoms with van der Waals surface area (Å²) in [7, 11) is -1.37. The minimum absolute atomic E-state index is 0.163. The summed E-state index contributed by atoms with van der Waals surface area (Å²) in [6, 6.07) is 20.8. The van der Waals surface area contributed by atoms with Gasteiger partial charge in [-0.2, -0.15) is 4.36 Å². The van der Waals surface area contributed by atoms with Crippen molar-refractivity contribution in [2.24, 2.45) is 4.36 Å². The van der Waals surface area contributed by atoms with Crippen LogP contribution in [0.1, 0.15) is 34.7 Å². The molecule has 1 unspecified atom stereocenters. The summed E-state index contributed by atoms with van der Waals surface area (Å²) in [6.07, 6.45) is 9.24. The Morgan fingerprint density at radius 2 is 1.81 bits per heavy atom. The van der Waals surface area contributed by atoms with Crippen molar-refractivity contribution in [2.45, 2.75) is 25.2 Å². The normalized spacial score (nSPS) is 12.8. The lowest BCUT2D eigenvalue weighted by Gasteiger charge is -2.11. The molecule has 0 saturated carbocycles. The summed E-state index contributed by atoms with van der Waals surface area (Å²) in [6.45, 7) is 7.58. The van der Waals surface area contributed by atoms with Gasteiger partial charge in [0.2, 0.25) is 0 Å². The molecule has 3 rings (SSSR count). The number of carbonyl (C=O) groups excluding carboxylic acids is 1. The lowest BCUT2D eigenvalue weighted by Crippen LogP contribution is -2.06. The highest BCUT2D eigenvalue weighted by atomic mass is 32.2. The molecule has 0 aromatic heterocycles. The zero-order valence-corrected chi connectivity index (χ0v) is 22.5. The fraction of sp³-hybridized carbons (Fsp3) is 0.156. The number of hydrogen-bond acceptors (Lipinski definition) is 4. The summed E-state index contributed by atoms with van der Waals surface area (Å²) in [4.78, 5) is 12.6. The maximum absolute atomic E-state index is 13.8. The van der Waals surface area contributed by atoms with Gasteiger partial charge in [0.25, 0.3) is 0 Å². The van der Waals surface area contributed by atoms with Crippen LogP contribution in [0.15, 0.2) is 101 Å². The van der Waals surface area contributed by atoms with Gasteiger partial charge in [-0.05, 0) is 54.3 Å². The molecule has 0 amide bonds. The largest absolute Gasteiger partial charge is 0.469 e. The Labute approximate surface area is 220 Å². The van der Waals surface area contributed by atoms with E-state index in [1.165, 1.54) is 7.11 Å². The third-order valence-corrected chi connectivity index (χ3v) is 7.62. The van der Waals surface area contributed by atoms with Gasteiger partial charge < -0.3 is 4.74 Å². The van der Waals surface area contributed by atoms with Crippen LogP contribution in [0.25, 0.3) is 11.6 Å². The van der Waals surface area contributed by atoms with Crippen LogP contribution in [0.3, 0.4) is 0 Å². The van der Waals surface area contributed by atoms with Crippen LogP contribution >= 0.6 is 0 Å². The summed E-state index contributed by atoms with van der Waals surface area (Å²) in [5.41, 5.74) is 5.61. The molecule has 0 aliphatic carbocycles. The van der Waals surface area contributed by atoms with Crippen molar-refractivity contribution in [1.82, 2.24) is 0 Å². The monoisotopic (exact) mass is 509 g/mol. The van der Waals surface area contributed by atoms with Gasteiger partial charge in [0.1, 0.15) is 0 Å². The fourth-order valence-electron chi connectivity index (χ4n) is 3.88. The molecular weight excluding hydrogens is 478 g/mol. The molecule has 188 valence electrons. The Bertz CT molecular complexity index is 1560. The van der Waals surface area contributed by atoms with E-state index in [0.29, 0.717) is 16.1 Å². The van der Waals surface area contributed by atoms with Crippen molar-refractivity contribution in [3.8, 4) is 11.8 Å². The summed E-state index contributed by atoms with van der Waals surface area (Å²) in [5.74, 6) is 6.13. The first-order valence-electron chi connectivity index (χ1n) is 11.8. The second kappa shape index (κ2) is 12.7. The number of ether oxygens (including phenoxy) is 1. The molecule has 0 fully saturated rings. The SMILES string of the molecule is C=C/C=C\c1cccc(S(C)(=O)=Nc2ccccc2C#C/C(=C/C)c2ccccc2CC(=O)OC)c1C. The van der Waals surface area contributed by atoms with Crippen molar-refractivity contribution in [1.29, 1.82) is 0 Å². The zero-order valence-electron chi connectivity index (χ0n) is 21.7. The molecule has 3 aromatic carbocycles. The van der Waals surface area contributed by atoms with Crippen LogP contribution in [0, 0.1) is 18.8 Å². The van der Waals surface area contributed by atoms with E-state index in [1.807, 2.05) is 98.8 Å². The van der Waals surface area contributed by atoms with Crippen molar-refractivity contribution in [3.63, 3.8) is 0 Å². The quantitative estimate of drug-likeness (QED) is 0.193. The highest BCUT2D eigenvalue weighted by Crippen LogP contribution is 2.27. The van der Waals surface area contributed by atoms with Crippen molar-refractivity contribution >= 4 is 33.0 Å². The second-order valence-corrected chi connectivity index (χ2v) is 10.6. The van der Waals surface area contributed by atoms with E-state index >= 15 is 0 Å². The first-order chi connectivity index (χ1) is 17.8. The Balaban J connectivity index is 2.05. The second-order valence-electron chi connectivity index (χ2n) is 8.34. The van der Waals surface area contributed by atoms with Gasteiger partial charge >= 0.3 is 5.97 Å². The summed E-state index contributed by atoms with van der Waals surface area (Å²) >= 11 is 0. The van der Waals surface area contributed by atoms with Gasteiger partial charge in [-0.1, -0.05) is 91.3 Å². The smallest absolute Gasteiger partial charge is 0.310 e. The van der Waals surface area contributed by atoms with E-state index in [-0.39, 0.29) is 12.4 Å². The van der Waals surface area contributed by atoms with Crippen LogP contribution in [-0.4, -0.2) is 23.5 Å². The van der Waals surface area contributed by atoms with Crippen molar-refractivity contribution in [2.75, 3.05) is 13.4 Å². The van der Waals surface area contributed by atoms with Gasteiger partial charge in [0.05, 0.1) is 39.4 Å². The molecule has 0 N–H and O–H groups in total. The van der Waals surface area contributed by atoms with Gasteiger partial charge in [-0.25, -0.2) is 4.21 Å². The number of nitrogens with zero attached hydrogens (tertiary/aromatic N) is 1. The first-order valence-corrected chi connectivity index (χ1v) is 13.8. The molecular formula is C32H31NO3S. The molecule has 0 radical (unpaired) electrons. The van der Waals surface area contributed by atoms with E-state index in [2.05, 4.69) is 22.8 Å². The average molecular weight is 510 g/mol. The molecule has 0 bridgehead atoms. The Morgan fingerprint density at radius 1 is 1.08 bits per heavy atom. The van der Waals surface area contributed by atoms with Crippen LogP contribution in [-0.2, 0) is 25.7 Å². The van der Waals surface area contributed by atoms with Crippen LogP contribution in [0.5, 0.6) is 0 Å². The topological polar surface area (TPSA) is 55.7 Å². The highest BCUT2D eigenvalue weighted by molar-refractivity contribution is 7.93. The number of hydrogen-bond donors (Lipinski definition) is 0. The molecule has 3 aromatic rings. The van der Waals surface area contributed by atoms with Gasteiger partial charge in [0, 0.05) is 11.8 Å². The lowest BCUT2D eigenvalue weighted by molar-refractivity contribution is -0.139. The molecule has 0 spiro atoms. The van der Waals surface area contributed by atoms with E-state index in [1.54, 1.807) is 12.3 Å².